The molecule has 0 aliphatic carbocycles. The Labute approximate surface area is 214 Å². The predicted octanol–water partition coefficient (Wildman–Crippen LogP) is 5.10. The number of nitro groups is 1. The number of nitrogens with zero attached hydrogens (tertiary/aromatic N) is 3. The Morgan fingerprint density at radius 2 is 1.97 bits per heavy atom. The molecule has 1 aliphatic heterocycles. The average molecular weight is 502 g/mol. The van der Waals surface area contributed by atoms with Crippen LogP contribution >= 0.6 is 0 Å². The molecule has 37 heavy (non-hydrogen) atoms. The number of ketones is 1. The molecule has 9 nitrogen and oxygen atoms in total. The topological polar surface area (TPSA) is 123 Å². The average Bonchev–Trinajstić information content (AvgIpc) is 3.14. The lowest BCUT2D eigenvalue weighted by Gasteiger charge is -2.25. The molecule has 1 N–H and O–H groups in total. The number of carbonyl (C=O) groups excluding carboxylic acids is 2. The highest BCUT2D eigenvalue weighted by Crippen LogP contribution is 2.41. The number of nitro benzene ring substituents is 1. The van der Waals surface area contributed by atoms with E-state index in [-0.39, 0.29) is 23.6 Å². The van der Waals surface area contributed by atoms with Gasteiger partial charge in [0.2, 0.25) is 0 Å². The van der Waals surface area contributed by atoms with E-state index < -0.39 is 22.7 Å². The molecule has 0 saturated carbocycles. The molecule has 0 bridgehead atoms. The molecule has 190 valence electrons. The zero-order valence-electron chi connectivity index (χ0n) is 20.6. The number of non-ortho nitro benzene ring substituents is 1. The number of carbonyl (C=O) groups is 2. The second kappa shape index (κ2) is 11.0. The molecule has 1 fully saturated rings. The van der Waals surface area contributed by atoms with Crippen molar-refractivity contribution in [3.8, 4) is 5.75 Å². The second-order valence-electron chi connectivity index (χ2n) is 8.82. The highest BCUT2D eigenvalue weighted by atomic mass is 16.6. The van der Waals surface area contributed by atoms with Gasteiger partial charge in [-0.15, -0.1) is 0 Å². The largest absolute Gasteiger partial charge is 0.507 e. The van der Waals surface area contributed by atoms with E-state index in [0.717, 1.165) is 12.8 Å². The van der Waals surface area contributed by atoms with Crippen LogP contribution in [-0.2, 0) is 16.1 Å². The first-order chi connectivity index (χ1) is 17.8. The number of pyridine rings is 1. The van der Waals surface area contributed by atoms with Gasteiger partial charge in [-0.25, -0.2) is 0 Å². The third-order valence-electron chi connectivity index (χ3n) is 6.23. The van der Waals surface area contributed by atoms with E-state index in [2.05, 4.69) is 11.9 Å². The van der Waals surface area contributed by atoms with Crippen LogP contribution in [0.25, 0.3) is 5.76 Å². The van der Waals surface area contributed by atoms with Gasteiger partial charge in [-0.2, -0.15) is 0 Å². The van der Waals surface area contributed by atoms with Crippen molar-refractivity contribution in [3.63, 3.8) is 0 Å². The van der Waals surface area contributed by atoms with E-state index in [1.54, 1.807) is 55.7 Å². The van der Waals surface area contributed by atoms with Crippen molar-refractivity contribution in [1.82, 2.24) is 9.88 Å². The second-order valence-corrected chi connectivity index (χ2v) is 8.82. The lowest BCUT2D eigenvalue weighted by Crippen LogP contribution is -2.29. The molecule has 3 aromatic rings. The molecule has 0 unspecified atom stereocenters. The van der Waals surface area contributed by atoms with Crippen LogP contribution in [0, 0.1) is 17.0 Å². The number of aryl methyl sites for hydroxylation is 1. The molecule has 2 heterocycles. The maximum absolute atomic E-state index is 13.3. The SMILES string of the molecule is CCCCOc1ccc(/C(O)=C2\C(=O)C(=O)N(Cc3cccnc3)[C@@H]2c2cccc([N+](=O)[O-])c2)c(C)c1. The summed E-state index contributed by atoms with van der Waals surface area (Å²) in [6.45, 7) is 4.44. The van der Waals surface area contributed by atoms with Gasteiger partial charge in [0.1, 0.15) is 11.5 Å². The van der Waals surface area contributed by atoms with Crippen LogP contribution in [0.1, 0.15) is 48.1 Å². The molecule has 1 aliphatic rings. The molecule has 1 saturated heterocycles. The molecule has 4 rings (SSSR count). The first-order valence-corrected chi connectivity index (χ1v) is 12.0. The van der Waals surface area contributed by atoms with Crippen LogP contribution in [0.3, 0.4) is 0 Å². The predicted molar refractivity (Wildman–Crippen MR) is 137 cm³/mol. The summed E-state index contributed by atoms with van der Waals surface area (Å²) >= 11 is 0. The number of hydrogen-bond acceptors (Lipinski definition) is 7. The molecule has 0 spiro atoms. The number of rotatable bonds is 9. The van der Waals surface area contributed by atoms with E-state index in [4.69, 9.17) is 4.74 Å². The number of aliphatic hydroxyl groups excluding tert-OH is 1. The van der Waals surface area contributed by atoms with E-state index in [1.807, 2.05) is 0 Å². The number of benzene rings is 2. The summed E-state index contributed by atoms with van der Waals surface area (Å²) in [5, 5.41) is 22.8. The Kier molecular flexibility index (Phi) is 7.62. The first-order valence-electron chi connectivity index (χ1n) is 12.0. The Bertz CT molecular complexity index is 1370. The van der Waals surface area contributed by atoms with Crippen LogP contribution in [-0.4, -0.2) is 38.2 Å². The number of amides is 1. The normalized spacial score (nSPS) is 16.7. The molecule has 1 amide bonds. The number of Topliss-reactive ketones (excluding diaryl/α,β-unsaturated/α-hetero) is 1. The molecule has 9 heteroatoms. The maximum Gasteiger partial charge on any atom is 0.295 e. The number of aromatic nitrogens is 1. The molecule has 1 atom stereocenters. The zero-order chi connectivity index (χ0) is 26.5. The smallest absolute Gasteiger partial charge is 0.295 e. The van der Waals surface area contributed by atoms with Gasteiger partial charge in [0.15, 0.2) is 0 Å². The van der Waals surface area contributed by atoms with E-state index in [9.17, 15) is 24.8 Å². The number of ether oxygens (including phenoxy) is 1. The summed E-state index contributed by atoms with van der Waals surface area (Å²) < 4.78 is 5.74. The van der Waals surface area contributed by atoms with Crippen molar-refractivity contribution in [2.45, 2.75) is 39.3 Å². The van der Waals surface area contributed by atoms with Gasteiger partial charge in [0, 0.05) is 36.6 Å². The summed E-state index contributed by atoms with van der Waals surface area (Å²) in [4.78, 5) is 42.8. The fourth-order valence-corrected chi connectivity index (χ4v) is 4.36. The van der Waals surface area contributed by atoms with Crippen LogP contribution < -0.4 is 4.74 Å². The molecular formula is C28H27N3O6. The van der Waals surface area contributed by atoms with E-state index in [1.165, 1.54) is 23.1 Å². The zero-order valence-corrected chi connectivity index (χ0v) is 20.6. The summed E-state index contributed by atoms with van der Waals surface area (Å²) in [5.41, 5.74) is 1.73. The lowest BCUT2D eigenvalue weighted by molar-refractivity contribution is -0.384. The minimum Gasteiger partial charge on any atom is -0.507 e. The standard InChI is InChI=1S/C28H27N3O6/c1-3-4-13-37-22-10-11-23(18(2)14-22)26(32)24-25(20-8-5-9-21(15-20)31(35)36)30(28(34)27(24)33)17-19-7-6-12-29-16-19/h5-12,14-16,25,32H,3-4,13,17H2,1-2H3/b26-24+/t25-/m1/s1. The van der Waals surface area contributed by atoms with E-state index >= 15 is 0 Å². The monoisotopic (exact) mass is 501 g/mol. The van der Waals surface area contributed by atoms with Gasteiger partial charge in [0.25, 0.3) is 17.4 Å². The highest BCUT2D eigenvalue weighted by Gasteiger charge is 2.46. The minimum atomic E-state index is -1.03. The molecule has 0 radical (unpaired) electrons. The van der Waals surface area contributed by atoms with Gasteiger partial charge >= 0.3 is 0 Å². The number of hydrogen-bond donors (Lipinski definition) is 1. The van der Waals surface area contributed by atoms with Gasteiger partial charge in [-0.3, -0.25) is 24.7 Å². The Morgan fingerprint density at radius 1 is 1.16 bits per heavy atom. The van der Waals surface area contributed by atoms with Gasteiger partial charge in [-0.1, -0.05) is 31.5 Å². The summed E-state index contributed by atoms with van der Waals surface area (Å²) in [5.74, 6) is -1.38. The summed E-state index contributed by atoms with van der Waals surface area (Å²) in [6.07, 6.45) is 5.07. The Balaban J connectivity index is 1.82. The Morgan fingerprint density at radius 3 is 2.65 bits per heavy atom. The van der Waals surface area contributed by atoms with Crippen LogP contribution in [0.4, 0.5) is 5.69 Å². The lowest BCUT2D eigenvalue weighted by atomic mass is 9.93. The number of likely N-dealkylation sites (tertiary alicyclic amines) is 1. The number of unbranched alkanes of at least 4 members (excludes halogenated alkanes) is 1. The third kappa shape index (κ3) is 5.35. The van der Waals surface area contributed by atoms with Crippen molar-refractivity contribution in [2.75, 3.05) is 6.61 Å². The van der Waals surface area contributed by atoms with Crippen molar-refractivity contribution >= 4 is 23.1 Å². The van der Waals surface area contributed by atoms with E-state index in [0.29, 0.717) is 34.6 Å². The minimum absolute atomic E-state index is 0.0335. The highest BCUT2D eigenvalue weighted by molar-refractivity contribution is 6.46. The van der Waals surface area contributed by atoms with Crippen LogP contribution in [0.15, 0.2) is 72.6 Å². The van der Waals surface area contributed by atoms with Gasteiger partial charge in [-0.05, 0) is 54.3 Å². The summed E-state index contributed by atoms with van der Waals surface area (Å²) in [7, 11) is 0. The molecule has 2 aromatic carbocycles. The van der Waals surface area contributed by atoms with Crippen molar-refractivity contribution in [2.24, 2.45) is 0 Å². The fourth-order valence-electron chi connectivity index (χ4n) is 4.36. The Hall–Kier alpha value is -4.53. The molecule has 1 aromatic heterocycles. The van der Waals surface area contributed by atoms with Crippen LogP contribution in [0.2, 0.25) is 0 Å². The van der Waals surface area contributed by atoms with Crippen molar-refractivity contribution in [3.05, 3.63) is 105 Å². The quantitative estimate of drug-likeness (QED) is 0.108. The molecular weight excluding hydrogens is 474 g/mol. The first kappa shape index (κ1) is 25.6. The maximum atomic E-state index is 13.3. The van der Waals surface area contributed by atoms with Gasteiger partial charge < -0.3 is 14.7 Å². The van der Waals surface area contributed by atoms with Crippen LogP contribution in [0.5, 0.6) is 5.75 Å². The third-order valence-corrected chi connectivity index (χ3v) is 6.23. The van der Waals surface area contributed by atoms with Crippen molar-refractivity contribution in [1.29, 1.82) is 0 Å². The number of aliphatic hydroxyl groups is 1. The summed E-state index contributed by atoms with van der Waals surface area (Å²) in [6, 6.07) is 13.3. The van der Waals surface area contributed by atoms with Crippen molar-refractivity contribution < 1.29 is 24.4 Å². The van der Waals surface area contributed by atoms with Gasteiger partial charge in [0.05, 0.1) is 23.1 Å². The fraction of sp³-hybridized carbons (Fsp3) is 0.250.